The van der Waals surface area contributed by atoms with Crippen molar-refractivity contribution in [2.75, 3.05) is 31.5 Å². The van der Waals surface area contributed by atoms with Gasteiger partial charge in [0.05, 0.1) is 18.5 Å². The second-order valence-electron chi connectivity index (χ2n) is 5.30. The molecule has 0 spiro atoms. The molecule has 0 saturated heterocycles. The van der Waals surface area contributed by atoms with Crippen LogP contribution in [0.1, 0.15) is 10.5 Å². The van der Waals surface area contributed by atoms with Crippen LogP contribution in [0.15, 0.2) is 42.9 Å². The van der Waals surface area contributed by atoms with Gasteiger partial charge in [-0.1, -0.05) is 0 Å². The average Bonchev–Trinajstić information content (AvgIpc) is 3.07. The number of hydrogen-bond donors (Lipinski definition) is 2. The second-order valence-corrected chi connectivity index (χ2v) is 5.30. The molecule has 9 nitrogen and oxygen atoms in total. The fourth-order valence-corrected chi connectivity index (χ4v) is 2.31. The summed E-state index contributed by atoms with van der Waals surface area (Å²) in [5.74, 6) is 0.162. The number of anilines is 2. The van der Waals surface area contributed by atoms with Crippen molar-refractivity contribution in [1.29, 1.82) is 0 Å². The zero-order valence-corrected chi connectivity index (χ0v) is 14.2. The van der Waals surface area contributed by atoms with Gasteiger partial charge in [-0.25, -0.2) is 9.97 Å². The second kappa shape index (κ2) is 7.62. The Labute approximate surface area is 149 Å². The summed E-state index contributed by atoms with van der Waals surface area (Å²) >= 11 is 0. The zero-order chi connectivity index (χ0) is 18.5. The minimum absolute atomic E-state index is 0.0997. The van der Waals surface area contributed by atoms with Crippen molar-refractivity contribution in [1.82, 2.24) is 14.4 Å². The molecule has 0 aliphatic rings. The van der Waals surface area contributed by atoms with Crippen molar-refractivity contribution in [3.05, 3.63) is 48.5 Å². The first-order chi connectivity index (χ1) is 12.6. The molecule has 0 bridgehead atoms. The molecular formula is C17H17N5O4. The van der Waals surface area contributed by atoms with Gasteiger partial charge in [0.1, 0.15) is 18.1 Å². The zero-order valence-electron chi connectivity index (χ0n) is 14.2. The third-order valence-corrected chi connectivity index (χ3v) is 3.49. The van der Waals surface area contributed by atoms with Crippen molar-refractivity contribution in [3.8, 4) is 5.75 Å². The number of amides is 2. The summed E-state index contributed by atoms with van der Waals surface area (Å²) in [4.78, 5) is 32.6. The molecule has 0 aliphatic heterocycles. The first kappa shape index (κ1) is 17.4. The van der Waals surface area contributed by atoms with Crippen LogP contribution in [0, 0.1) is 0 Å². The molecule has 0 aliphatic carbocycles. The van der Waals surface area contributed by atoms with Crippen molar-refractivity contribution >= 4 is 29.0 Å². The Kier molecular flexibility index (Phi) is 5.09. The Bertz CT molecular complexity index is 920. The van der Waals surface area contributed by atoms with Crippen LogP contribution in [0.3, 0.4) is 0 Å². The predicted molar refractivity (Wildman–Crippen MR) is 94.4 cm³/mol. The van der Waals surface area contributed by atoms with Gasteiger partial charge in [0.15, 0.2) is 0 Å². The van der Waals surface area contributed by atoms with E-state index in [0.717, 1.165) is 0 Å². The smallest absolute Gasteiger partial charge is 0.276 e. The lowest BCUT2D eigenvalue weighted by Gasteiger charge is -2.13. The van der Waals surface area contributed by atoms with Gasteiger partial charge in [0.2, 0.25) is 11.7 Å². The maximum absolute atomic E-state index is 12.6. The molecule has 1 aromatic carbocycles. The Morgan fingerprint density at radius 2 is 2.04 bits per heavy atom. The Hall–Kier alpha value is -3.46. The van der Waals surface area contributed by atoms with Crippen LogP contribution in [0.5, 0.6) is 5.75 Å². The lowest BCUT2D eigenvalue weighted by atomic mass is 10.2. The molecule has 2 heterocycles. The molecule has 0 radical (unpaired) electrons. The highest BCUT2D eigenvalue weighted by atomic mass is 16.5. The standard InChI is InChI=1S/C17H17N5O4/c1-25-10-15(23)19-12-5-4-11(26-2)8-13(12)20-16(24)14-9-22-7-3-6-18-17(22)21-14/h3-9H,10H2,1-2H3,(H,19,23)(H,20,24). The van der Waals surface area contributed by atoms with Crippen molar-refractivity contribution < 1.29 is 19.1 Å². The highest BCUT2D eigenvalue weighted by Gasteiger charge is 2.15. The fourth-order valence-electron chi connectivity index (χ4n) is 2.31. The molecule has 3 rings (SSSR count). The number of fused-ring (bicyclic) bond motifs is 1. The van der Waals surface area contributed by atoms with E-state index in [9.17, 15) is 9.59 Å². The Morgan fingerprint density at radius 3 is 2.77 bits per heavy atom. The van der Waals surface area contributed by atoms with Crippen LogP contribution in [0.25, 0.3) is 5.78 Å². The van der Waals surface area contributed by atoms with E-state index in [0.29, 0.717) is 22.9 Å². The monoisotopic (exact) mass is 355 g/mol. The number of nitrogens with one attached hydrogen (secondary N) is 2. The number of methoxy groups -OCH3 is 2. The van der Waals surface area contributed by atoms with Gasteiger partial charge in [-0.2, -0.15) is 0 Å². The highest BCUT2D eigenvalue weighted by molar-refractivity contribution is 6.06. The van der Waals surface area contributed by atoms with E-state index in [2.05, 4.69) is 20.6 Å². The largest absolute Gasteiger partial charge is 0.497 e. The number of carbonyl (C=O) groups is 2. The summed E-state index contributed by atoms with van der Waals surface area (Å²) in [7, 11) is 2.94. The molecule has 2 aromatic heterocycles. The predicted octanol–water partition coefficient (Wildman–Crippen LogP) is 1.58. The summed E-state index contributed by atoms with van der Waals surface area (Å²) in [6.45, 7) is -0.0997. The normalized spacial score (nSPS) is 10.5. The van der Waals surface area contributed by atoms with Crippen LogP contribution >= 0.6 is 0 Å². The molecule has 2 N–H and O–H groups in total. The van der Waals surface area contributed by atoms with E-state index in [1.807, 2.05) is 0 Å². The molecule has 0 saturated carbocycles. The summed E-state index contributed by atoms with van der Waals surface area (Å²) in [6, 6.07) is 6.65. The number of rotatable bonds is 6. The maximum atomic E-state index is 12.6. The van der Waals surface area contributed by atoms with Gasteiger partial charge in [0.25, 0.3) is 5.91 Å². The molecule has 0 unspecified atom stereocenters. The van der Waals surface area contributed by atoms with Crippen LogP contribution in [-0.2, 0) is 9.53 Å². The average molecular weight is 355 g/mol. The van der Waals surface area contributed by atoms with Gasteiger partial charge in [-0.15, -0.1) is 0 Å². The third kappa shape index (κ3) is 3.78. The number of imidazole rings is 1. The van der Waals surface area contributed by atoms with E-state index in [4.69, 9.17) is 9.47 Å². The van der Waals surface area contributed by atoms with Gasteiger partial charge >= 0.3 is 0 Å². The van der Waals surface area contributed by atoms with Crippen molar-refractivity contribution in [2.24, 2.45) is 0 Å². The van der Waals surface area contributed by atoms with E-state index < -0.39 is 5.91 Å². The van der Waals surface area contributed by atoms with Gasteiger partial charge in [0, 0.05) is 31.8 Å². The fraction of sp³-hybridized carbons (Fsp3) is 0.176. The SMILES string of the molecule is COCC(=O)Nc1ccc(OC)cc1NC(=O)c1cn2cccnc2n1. The van der Waals surface area contributed by atoms with E-state index >= 15 is 0 Å². The van der Waals surface area contributed by atoms with Gasteiger partial charge in [-0.3, -0.25) is 14.0 Å². The van der Waals surface area contributed by atoms with Crippen LogP contribution in [0.4, 0.5) is 11.4 Å². The molecule has 134 valence electrons. The molecular weight excluding hydrogens is 338 g/mol. The van der Waals surface area contributed by atoms with E-state index in [-0.39, 0.29) is 18.2 Å². The lowest BCUT2D eigenvalue weighted by Crippen LogP contribution is -2.20. The molecule has 9 heteroatoms. The van der Waals surface area contributed by atoms with E-state index in [1.54, 1.807) is 47.3 Å². The number of hydrogen-bond acceptors (Lipinski definition) is 6. The first-order valence-corrected chi connectivity index (χ1v) is 7.68. The van der Waals surface area contributed by atoms with Crippen LogP contribution in [-0.4, -0.2) is 47.0 Å². The maximum Gasteiger partial charge on any atom is 0.276 e. The van der Waals surface area contributed by atoms with Crippen molar-refractivity contribution in [2.45, 2.75) is 0 Å². The summed E-state index contributed by atoms with van der Waals surface area (Å²) in [5.41, 5.74) is 0.993. The minimum atomic E-state index is -0.439. The number of ether oxygens (including phenoxy) is 2. The summed E-state index contributed by atoms with van der Waals surface area (Å²) in [6.07, 6.45) is 4.91. The lowest BCUT2D eigenvalue weighted by molar-refractivity contribution is -0.119. The number of nitrogens with zero attached hydrogens (tertiary/aromatic N) is 3. The highest BCUT2D eigenvalue weighted by Crippen LogP contribution is 2.27. The molecule has 2 amide bonds. The summed E-state index contributed by atoms with van der Waals surface area (Å²) in [5, 5.41) is 5.41. The number of aromatic nitrogens is 3. The summed E-state index contributed by atoms with van der Waals surface area (Å²) < 4.78 is 11.6. The first-order valence-electron chi connectivity index (χ1n) is 7.68. The molecule has 0 fully saturated rings. The number of benzene rings is 1. The van der Waals surface area contributed by atoms with Gasteiger partial charge < -0.3 is 20.1 Å². The van der Waals surface area contributed by atoms with Crippen molar-refractivity contribution in [3.63, 3.8) is 0 Å². The number of carbonyl (C=O) groups excluding carboxylic acids is 2. The molecule has 0 atom stereocenters. The topological polar surface area (TPSA) is 107 Å². The van der Waals surface area contributed by atoms with Gasteiger partial charge in [-0.05, 0) is 18.2 Å². The molecule has 3 aromatic rings. The van der Waals surface area contributed by atoms with Crippen LogP contribution in [0.2, 0.25) is 0 Å². The molecule has 26 heavy (non-hydrogen) atoms. The Balaban J connectivity index is 1.86. The third-order valence-electron chi connectivity index (χ3n) is 3.49. The Morgan fingerprint density at radius 1 is 1.19 bits per heavy atom. The minimum Gasteiger partial charge on any atom is -0.497 e. The quantitative estimate of drug-likeness (QED) is 0.695. The van der Waals surface area contributed by atoms with Crippen LogP contribution < -0.4 is 15.4 Å². The van der Waals surface area contributed by atoms with E-state index in [1.165, 1.54) is 14.2 Å².